The van der Waals surface area contributed by atoms with Gasteiger partial charge in [0.1, 0.15) is 17.7 Å². The van der Waals surface area contributed by atoms with Crippen molar-refractivity contribution in [2.24, 2.45) is 0 Å². The highest BCUT2D eigenvalue weighted by atomic mass is 35.5. The molecule has 0 spiro atoms. The van der Waals surface area contributed by atoms with Gasteiger partial charge in [-0.15, -0.1) is 11.8 Å². The van der Waals surface area contributed by atoms with Crippen LogP contribution in [0.3, 0.4) is 0 Å². The maximum atomic E-state index is 13.4. The van der Waals surface area contributed by atoms with E-state index in [-0.39, 0.29) is 28.5 Å². The molecule has 4 rings (SSSR count). The van der Waals surface area contributed by atoms with Crippen molar-refractivity contribution in [3.05, 3.63) is 53.1 Å². The SMILES string of the molecule is Nc1c(F)cc(SNC(=O)C2CCCCO2)cc1Cl.OC1CN(CCCCSc2ccc(F)cc2)C1. The number of aliphatic hydroxyl groups excluding tert-OH is 1. The molecule has 2 aliphatic rings. The Bertz CT molecular complexity index is 953. The van der Waals surface area contributed by atoms with Crippen LogP contribution in [0.5, 0.6) is 0 Å². The van der Waals surface area contributed by atoms with Crippen molar-refractivity contribution in [1.82, 2.24) is 9.62 Å². The molecular formula is C25H32ClF2N3O3S2. The van der Waals surface area contributed by atoms with E-state index in [4.69, 9.17) is 27.2 Å². The molecule has 6 nitrogen and oxygen atoms in total. The van der Waals surface area contributed by atoms with E-state index >= 15 is 0 Å². The zero-order valence-corrected chi connectivity index (χ0v) is 22.3. The number of nitrogens with one attached hydrogen (secondary N) is 1. The summed E-state index contributed by atoms with van der Waals surface area (Å²) in [5.41, 5.74) is 5.31. The summed E-state index contributed by atoms with van der Waals surface area (Å²) in [5, 5.41) is 9.25. The molecule has 4 N–H and O–H groups in total. The lowest BCUT2D eigenvalue weighted by Crippen LogP contribution is -2.50. The minimum Gasteiger partial charge on any atom is -0.395 e. The number of amides is 1. The Hall–Kier alpha value is -1.56. The van der Waals surface area contributed by atoms with Gasteiger partial charge >= 0.3 is 0 Å². The first-order valence-corrected chi connectivity index (χ1v) is 14.1. The van der Waals surface area contributed by atoms with Crippen LogP contribution in [-0.4, -0.2) is 60.1 Å². The first kappa shape index (κ1) is 29.0. The van der Waals surface area contributed by atoms with Crippen molar-refractivity contribution in [2.45, 2.75) is 54.1 Å². The highest BCUT2D eigenvalue weighted by molar-refractivity contribution is 7.99. The fraction of sp³-hybridized carbons (Fsp3) is 0.480. The number of ether oxygens (including phenoxy) is 1. The van der Waals surface area contributed by atoms with Gasteiger partial charge in [-0.25, -0.2) is 8.78 Å². The second kappa shape index (κ2) is 15.0. The van der Waals surface area contributed by atoms with Crippen molar-refractivity contribution < 1.29 is 23.4 Å². The first-order chi connectivity index (χ1) is 17.3. The van der Waals surface area contributed by atoms with E-state index in [1.54, 1.807) is 11.8 Å². The second-order valence-electron chi connectivity index (χ2n) is 8.65. The van der Waals surface area contributed by atoms with E-state index in [1.807, 2.05) is 12.1 Å². The number of rotatable bonds is 9. The molecule has 0 bridgehead atoms. The summed E-state index contributed by atoms with van der Waals surface area (Å²) < 4.78 is 34.0. The molecular weight excluding hydrogens is 528 g/mol. The Kier molecular flexibility index (Phi) is 12.1. The largest absolute Gasteiger partial charge is 0.395 e. The third-order valence-corrected chi connectivity index (χ3v) is 7.87. The number of carbonyl (C=O) groups is 1. The van der Waals surface area contributed by atoms with Crippen molar-refractivity contribution in [3.63, 3.8) is 0 Å². The number of carbonyl (C=O) groups excluding carboxylic acids is 1. The number of hydrogen-bond donors (Lipinski definition) is 3. The number of hydrogen-bond acceptors (Lipinski definition) is 7. The average Bonchev–Trinajstić information content (AvgIpc) is 2.86. The lowest BCUT2D eigenvalue weighted by Gasteiger charge is -2.35. The van der Waals surface area contributed by atoms with Crippen LogP contribution in [0, 0.1) is 11.6 Å². The fourth-order valence-electron chi connectivity index (χ4n) is 3.63. The topological polar surface area (TPSA) is 87.8 Å². The lowest BCUT2D eigenvalue weighted by molar-refractivity contribution is -0.133. The number of anilines is 1. The Morgan fingerprint density at radius 2 is 1.92 bits per heavy atom. The van der Waals surface area contributed by atoms with Crippen LogP contribution in [0.4, 0.5) is 14.5 Å². The molecule has 1 unspecified atom stereocenters. The lowest BCUT2D eigenvalue weighted by atomic mass is 10.1. The second-order valence-corrected chi connectivity index (χ2v) is 11.1. The standard InChI is InChI=1S/C13H18FNOS.C12H14ClFN2O2S/c14-11-3-5-13(6-4-11)17-8-2-1-7-15-9-12(16)10-15;13-8-5-7(6-9(14)11(8)15)19-16-12(17)10-3-1-2-4-18-10/h3-6,12,16H,1-2,7-10H2;5-6,10H,1-4,15H2,(H,16,17). The molecule has 2 aliphatic heterocycles. The number of β-amino-alcohol motifs (C(OH)–C–C–N with tert-alkyl or cyclic N) is 1. The van der Waals surface area contributed by atoms with E-state index in [9.17, 15) is 13.6 Å². The maximum absolute atomic E-state index is 13.4. The quantitative estimate of drug-likeness (QED) is 0.170. The van der Waals surface area contributed by atoms with Crippen molar-refractivity contribution >= 4 is 46.9 Å². The van der Waals surface area contributed by atoms with Gasteiger partial charge in [0.15, 0.2) is 0 Å². The van der Waals surface area contributed by atoms with Crippen LogP contribution in [0.15, 0.2) is 46.2 Å². The molecule has 2 aromatic carbocycles. The predicted molar refractivity (Wildman–Crippen MR) is 142 cm³/mol. The summed E-state index contributed by atoms with van der Waals surface area (Å²) in [6.45, 7) is 3.36. The number of benzene rings is 2. The molecule has 1 amide bonds. The van der Waals surface area contributed by atoms with Crippen LogP contribution < -0.4 is 10.5 Å². The van der Waals surface area contributed by atoms with Crippen molar-refractivity contribution in [3.8, 4) is 0 Å². The number of aliphatic hydroxyl groups is 1. The number of nitrogens with two attached hydrogens (primary N) is 1. The minimum absolute atomic E-state index is 0.0899. The number of likely N-dealkylation sites (tertiary alicyclic amines) is 1. The van der Waals surface area contributed by atoms with Crippen molar-refractivity contribution in [2.75, 3.05) is 37.7 Å². The van der Waals surface area contributed by atoms with Gasteiger partial charge in [0.25, 0.3) is 5.91 Å². The summed E-state index contributed by atoms with van der Waals surface area (Å²) >= 11 is 8.54. The molecule has 198 valence electrons. The molecule has 2 heterocycles. The zero-order chi connectivity index (χ0) is 25.9. The fourth-order valence-corrected chi connectivity index (χ4v) is 5.50. The number of nitrogens with zero attached hydrogens (tertiary/aromatic N) is 1. The number of halogens is 3. The molecule has 0 radical (unpaired) electrons. The Balaban J connectivity index is 0.000000202. The number of thioether (sulfide) groups is 1. The van der Waals surface area contributed by atoms with Gasteiger partial charge < -0.3 is 15.6 Å². The van der Waals surface area contributed by atoms with Gasteiger partial charge in [-0.05, 0) is 92.7 Å². The van der Waals surface area contributed by atoms with E-state index in [2.05, 4.69) is 9.62 Å². The smallest absolute Gasteiger partial charge is 0.259 e. The molecule has 36 heavy (non-hydrogen) atoms. The van der Waals surface area contributed by atoms with Crippen LogP contribution >= 0.6 is 35.3 Å². The van der Waals surface area contributed by atoms with Gasteiger partial charge in [0.2, 0.25) is 0 Å². The Labute approximate surface area is 224 Å². The van der Waals surface area contributed by atoms with Gasteiger partial charge in [-0.2, -0.15) is 0 Å². The van der Waals surface area contributed by atoms with Crippen LogP contribution in [0.2, 0.25) is 5.02 Å². The molecule has 1 atom stereocenters. The van der Waals surface area contributed by atoms with Gasteiger partial charge in [-0.3, -0.25) is 14.4 Å². The van der Waals surface area contributed by atoms with E-state index in [0.717, 1.165) is 61.5 Å². The Morgan fingerprint density at radius 1 is 1.17 bits per heavy atom. The summed E-state index contributed by atoms with van der Waals surface area (Å²) in [6, 6.07) is 9.39. The highest BCUT2D eigenvalue weighted by Crippen LogP contribution is 2.28. The van der Waals surface area contributed by atoms with E-state index in [1.165, 1.54) is 30.7 Å². The van der Waals surface area contributed by atoms with Gasteiger partial charge in [0, 0.05) is 29.5 Å². The van der Waals surface area contributed by atoms with Crippen molar-refractivity contribution in [1.29, 1.82) is 0 Å². The summed E-state index contributed by atoms with van der Waals surface area (Å²) in [6.07, 6.45) is 4.48. The monoisotopic (exact) mass is 559 g/mol. The molecule has 0 saturated carbocycles. The third kappa shape index (κ3) is 9.72. The molecule has 11 heteroatoms. The minimum atomic E-state index is -0.599. The van der Waals surface area contributed by atoms with E-state index in [0.29, 0.717) is 17.9 Å². The number of nitrogen functional groups attached to an aromatic ring is 1. The summed E-state index contributed by atoms with van der Waals surface area (Å²) in [7, 11) is 0. The van der Waals surface area contributed by atoms with Gasteiger partial charge in [0.05, 0.1) is 16.8 Å². The summed E-state index contributed by atoms with van der Waals surface area (Å²) in [4.78, 5) is 15.7. The molecule has 0 aromatic heterocycles. The highest BCUT2D eigenvalue weighted by Gasteiger charge is 2.23. The van der Waals surface area contributed by atoms with Crippen LogP contribution in [0.25, 0.3) is 0 Å². The van der Waals surface area contributed by atoms with Gasteiger partial charge in [-0.1, -0.05) is 11.6 Å². The Morgan fingerprint density at radius 3 is 2.56 bits per heavy atom. The van der Waals surface area contributed by atoms with E-state index < -0.39 is 11.9 Å². The average molecular weight is 560 g/mol. The number of unbranched alkanes of at least 4 members (excludes halogenated alkanes) is 1. The summed E-state index contributed by atoms with van der Waals surface area (Å²) in [5.74, 6) is 0.0871. The molecule has 0 aliphatic carbocycles. The predicted octanol–water partition coefficient (Wildman–Crippen LogP) is 5.13. The third-order valence-electron chi connectivity index (χ3n) is 5.68. The van der Waals surface area contributed by atoms with Crippen LogP contribution in [-0.2, 0) is 9.53 Å². The zero-order valence-electron chi connectivity index (χ0n) is 19.9. The molecule has 2 saturated heterocycles. The normalized spacial score (nSPS) is 18.2. The molecule has 2 aromatic rings. The molecule has 2 fully saturated rings. The van der Waals surface area contributed by atoms with Crippen LogP contribution in [0.1, 0.15) is 32.1 Å². The maximum Gasteiger partial charge on any atom is 0.259 e. The first-order valence-electron chi connectivity index (χ1n) is 11.9.